The molecule has 0 aliphatic rings. The Morgan fingerprint density at radius 2 is 1.05 bits per heavy atom. The lowest BCUT2D eigenvalue weighted by Crippen LogP contribution is -2.18. The molecule has 0 fully saturated rings. The van der Waals surface area contributed by atoms with Gasteiger partial charge in [-0.15, -0.1) is 0 Å². The Bertz CT molecular complexity index is 641. The maximum Gasteiger partial charge on any atom is 0.00589 e. The van der Waals surface area contributed by atoms with Gasteiger partial charge in [0.15, 0.2) is 0 Å². The van der Waals surface area contributed by atoms with E-state index in [4.69, 9.17) is 0 Å². The fourth-order valence-corrected chi connectivity index (χ4v) is 7.52. The minimum Gasteiger partial charge on any atom is -0.0824 e. The van der Waals surface area contributed by atoms with Crippen LogP contribution in [0.25, 0.3) is 0 Å². The topological polar surface area (TPSA) is 0 Å². The van der Waals surface area contributed by atoms with E-state index in [1.165, 1.54) is 15.9 Å². The fraction of sp³-hybridized carbons (Fsp3) is 0.100. The second-order valence-electron chi connectivity index (χ2n) is 5.23. The number of rotatable bonds is 5. The fourth-order valence-electron chi connectivity index (χ4n) is 2.61. The maximum absolute atomic E-state index is 2.40. The van der Waals surface area contributed by atoms with Gasteiger partial charge in [-0.25, -0.2) is 0 Å². The van der Waals surface area contributed by atoms with Gasteiger partial charge in [0.05, 0.1) is 0 Å². The van der Waals surface area contributed by atoms with Gasteiger partial charge in [0, 0.05) is 5.40 Å². The van der Waals surface area contributed by atoms with Gasteiger partial charge in [-0.2, -0.15) is 0 Å². The first-order chi connectivity index (χ1) is 10.8. The minimum absolute atomic E-state index is 0.323. The molecule has 0 heterocycles. The molecule has 2 unspecified atom stereocenters. The van der Waals surface area contributed by atoms with Gasteiger partial charge >= 0.3 is 0 Å². The van der Waals surface area contributed by atoms with Gasteiger partial charge in [0.2, 0.25) is 0 Å². The molecular weight excluding hydrogens is 302 g/mol. The second-order valence-corrected chi connectivity index (χ2v) is 9.99. The van der Waals surface area contributed by atoms with Crippen molar-refractivity contribution in [3.8, 4) is 0 Å². The van der Waals surface area contributed by atoms with Crippen molar-refractivity contribution in [2.75, 3.05) is 0 Å². The van der Waals surface area contributed by atoms with Crippen LogP contribution in [-0.2, 0) is 0 Å². The average molecular weight is 322 g/mol. The van der Waals surface area contributed by atoms with E-state index in [0.717, 1.165) is 8.58 Å². The standard InChI is InChI=1S/C20H20P2/c1-17(21-18-11-5-2-6-12-18)22(19-13-7-3-8-14-19)20-15-9-4-10-16-20/h2-17,21H,1H3. The Balaban J connectivity index is 1.92. The predicted molar refractivity (Wildman–Crippen MR) is 103 cm³/mol. The van der Waals surface area contributed by atoms with Crippen LogP contribution in [0.5, 0.6) is 0 Å². The molecule has 0 saturated heterocycles. The van der Waals surface area contributed by atoms with Gasteiger partial charge in [-0.1, -0.05) is 106 Å². The summed E-state index contributed by atoms with van der Waals surface area (Å²) in [5, 5.41) is 5.04. The molecule has 0 saturated carbocycles. The molecule has 2 atom stereocenters. The summed E-state index contributed by atoms with van der Waals surface area (Å²) < 4.78 is 0. The van der Waals surface area contributed by atoms with Crippen LogP contribution in [0.15, 0.2) is 91.0 Å². The third-order valence-electron chi connectivity index (χ3n) is 3.61. The summed E-state index contributed by atoms with van der Waals surface area (Å²) in [5.74, 6) is 0. The third kappa shape index (κ3) is 3.83. The van der Waals surface area contributed by atoms with Gasteiger partial charge in [0.25, 0.3) is 0 Å². The zero-order valence-corrected chi connectivity index (χ0v) is 14.6. The number of benzene rings is 3. The van der Waals surface area contributed by atoms with E-state index in [1.54, 1.807) is 0 Å². The quantitative estimate of drug-likeness (QED) is 0.608. The molecular formula is C20H20P2. The highest BCUT2D eigenvalue weighted by molar-refractivity contribution is 7.81. The van der Waals surface area contributed by atoms with Crippen molar-refractivity contribution >= 4 is 32.4 Å². The van der Waals surface area contributed by atoms with Crippen molar-refractivity contribution in [2.24, 2.45) is 0 Å². The molecule has 0 bridgehead atoms. The first kappa shape index (κ1) is 15.4. The predicted octanol–water partition coefficient (Wildman–Crippen LogP) is 4.47. The Morgan fingerprint density at radius 3 is 1.50 bits per heavy atom. The molecule has 0 aliphatic carbocycles. The summed E-state index contributed by atoms with van der Waals surface area (Å²) in [4.78, 5) is 0. The van der Waals surface area contributed by atoms with Crippen LogP contribution >= 0.6 is 16.5 Å². The third-order valence-corrected chi connectivity index (χ3v) is 8.34. The molecule has 2 heteroatoms. The van der Waals surface area contributed by atoms with Crippen molar-refractivity contribution < 1.29 is 0 Å². The van der Waals surface area contributed by atoms with E-state index in [2.05, 4.69) is 97.9 Å². The van der Waals surface area contributed by atoms with E-state index in [1.807, 2.05) is 0 Å². The zero-order valence-electron chi connectivity index (χ0n) is 12.7. The Labute approximate surface area is 136 Å². The molecule has 0 N–H and O–H groups in total. The van der Waals surface area contributed by atoms with E-state index in [-0.39, 0.29) is 7.92 Å². The molecule has 0 spiro atoms. The van der Waals surface area contributed by atoms with Crippen LogP contribution in [0.4, 0.5) is 0 Å². The van der Waals surface area contributed by atoms with Crippen LogP contribution in [0.3, 0.4) is 0 Å². The summed E-state index contributed by atoms with van der Waals surface area (Å²) >= 11 is 0. The van der Waals surface area contributed by atoms with Crippen molar-refractivity contribution in [1.82, 2.24) is 0 Å². The first-order valence-corrected chi connectivity index (χ1v) is 10.0. The summed E-state index contributed by atoms with van der Waals surface area (Å²) in [6, 6.07) is 32.8. The lowest BCUT2D eigenvalue weighted by atomic mass is 10.4. The second kappa shape index (κ2) is 7.68. The van der Waals surface area contributed by atoms with Gasteiger partial charge in [0.1, 0.15) is 0 Å². The SMILES string of the molecule is CC(Pc1ccccc1)P(c1ccccc1)c1ccccc1. The summed E-state index contributed by atoms with van der Waals surface area (Å²) in [6.45, 7) is 2.40. The Kier molecular flexibility index (Phi) is 5.38. The van der Waals surface area contributed by atoms with E-state index in [0.29, 0.717) is 5.40 Å². The maximum atomic E-state index is 2.40. The van der Waals surface area contributed by atoms with Crippen LogP contribution in [0.2, 0.25) is 0 Å². The molecule has 3 rings (SSSR count). The highest BCUT2D eigenvalue weighted by Gasteiger charge is 2.20. The normalized spacial score (nSPS) is 12.8. The monoisotopic (exact) mass is 322 g/mol. The van der Waals surface area contributed by atoms with Crippen molar-refractivity contribution in [1.29, 1.82) is 0 Å². The molecule has 22 heavy (non-hydrogen) atoms. The van der Waals surface area contributed by atoms with Crippen molar-refractivity contribution in [2.45, 2.75) is 12.3 Å². The molecule has 110 valence electrons. The minimum atomic E-state index is -0.323. The van der Waals surface area contributed by atoms with Crippen LogP contribution in [0, 0.1) is 0 Å². The highest BCUT2D eigenvalue weighted by Crippen LogP contribution is 2.47. The van der Waals surface area contributed by atoms with Gasteiger partial charge < -0.3 is 0 Å². The Morgan fingerprint density at radius 1 is 0.636 bits per heavy atom. The molecule has 3 aromatic rings. The summed E-state index contributed by atoms with van der Waals surface area (Å²) in [7, 11) is 0.515. The summed E-state index contributed by atoms with van der Waals surface area (Å²) in [6.07, 6.45) is 0. The molecule has 0 amide bonds. The van der Waals surface area contributed by atoms with E-state index < -0.39 is 0 Å². The van der Waals surface area contributed by atoms with Crippen LogP contribution in [-0.4, -0.2) is 5.40 Å². The number of hydrogen-bond donors (Lipinski definition) is 0. The van der Waals surface area contributed by atoms with Gasteiger partial charge in [-0.05, 0) is 23.8 Å². The number of hydrogen-bond acceptors (Lipinski definition) is 0. The summed E-state index contributed by atoms with van der Waals surface area (Å²) in [5.41, 5.74) is 0. The highest BCUT2D eigenvalue weighted by atomic mass is 31.2. The molecule has 0 aromatic heterocycles. The van der Waals surface area contributed by atoms with E-state index in [9.17, 15) is 0 Å². The molecule has 0 aliphatic heterocycles. The zero-order chi connectivity index (χ0) is 15.2. The van der Waals surface area contributed by atoms with Crippen molar-refractivity contribution in [3.63, 3.8) is 0 Å². The van der Waals surface area contributed by atoms with Gasteiger partial charge in [-0.3, -0.25) is 0 Å². The molecule has 3 aromatic carbocycles. The largest absolute Gasteiger partial charge is 0.0824 e. The molecule has 0 nitrogen and oxygen atoms in total. The smallest absolute Gasteiger partial charge is 0.00589 e. The van der Waals surface area contributed by atoms with Crippen LogP contribution in [0.1, 0.15) is 6.92 Å². The lowest BCUT2D eigenvalue weighted by Gasteiger charge is -2.25. The first-order valence-electron chi connectivity index (χ1n) is 7.55. The lowest BCUT2D eigenvalue weighted by molar-refractivity contribution is 1.40. The Hall–Kier alpha value is -1.48. The van der Waals surface area contributed by atoms with Crippen LogP contribution < -0.4 is 15.9 Å². The average Bonchev–Trinajstić information content (AvgIpc) is 2.58. The van der Waals surface area contributed by atoms with E-state index >= 15 is 0 Å². The molecule has 0 radical (unpaired) electrons. The van der Waals surface area contributed by atoms with Crippen molar-refractivity contribution in [3.05, 3.63) is 91.0 Å².